The molecular weight excluding hydrogens is 138 g/mol. The Kier molecular flexibility index (Phi) is 2.90. The molecule has 1 saturated carbocycles. The molecule has 1 rings (SSSR count). The Morgan fingerprint density at radius 3 is 2.91 bits per heavy atom. The molecule has 0 aliphatic heterocycles. The molecule has 0 aromatic carbocycles. The van der Waals surface area contributed by atoms with Crippen molar-refractivity contribution >= 4 is 0 Å². The van der Waals surface area contributed by atoms with Crippen molar-refractivity contribution in [2.24, 2.45) is 11.7 Å². The molecule has 0 amide bonds. The molecule has 2 heteroatoms. The second-order valence-corrected chi connectivity index (χ2v) is 3.96. The molecule has 0 bridgehead atoms. The van der Waals surface area contributed by atoms with Gasteiger partial charge in [-0.25, -0.2) is 0 Å². The van der Waals surface area contributed by atoms with Crippen LogP contribution in [-0.4, -0.2) is 17.3 Å². The van der Waals surface area contributed by atoms with E-state index in [1.54, 1.807) is 0 Å². The van der Waals surface area contributed by atoms with Crippen molar-refractivity contribution in [2.45, 2.75) is 44.6 Å². The van der Waals surface area contributed by atoms with Gasteiger partial charge in [-0.2, -0.15) is 0 Å². The predicted molar refractivity (Wildman–Crippen MR) is 46.3 cm³/mol. The van der Waals surface area contributed by atoms with Crippen molar-refractivity contribution in [3.63, 3.8) is 0 Å². The first-order valence-corrected chi connectivity index (χ1v) is 4.59. The molecule has 2 atom stereocenters. The molecular formula is C9H19NO. The Bertz CT molecular complexity index is 123. The van der Waals surface area contributed by atoms with Gasteiger partial charge in [-0.1, -0.05) is 19.8 Å². The largest absolute Gasteiger partial charge is 0.390 e. The highest BCUT2D eigenvalue weighted by atomic mass is 16.3. The van der Waals surface area contributed by atoms with Crippen molar-refractivity contribution in [3.05, 3.63) is 0 Å². The molecule has 2 nitrogen and oxygen atoms in total. The van der Waals surface area contributed by atoms with Crippen molar-refractivity contribution in [1.82, 2.24) is 0 Å². The van der Waals surface area contributed by atoms with Crippen LogP contribution in [0, 0.1) is 5.92 Å². The zero-order valence-corrected chi connectivity index (χ0v) is 7.34. The van der Waals surface area contributed by atoms with E-state index >= 15 is 0 Å². The summed E-state index contributed by atoms with van der Waals surface area (Å²) in [4.78, 5) is 0. The Morgan fingerprint density at radius 2 is 2.36 bits per heavy atom. The highest BCUT2D eigenvalue weighted by Crippen LogP contribution is 2.33. The molecule has 66 valence electrons. The highest BCUT2D eigenvalue weighted by Gasteiger charge is 2.31. The standard InChI is InChI=1S/C9H19NO/c1-8-3-2-4-9(11,7-8)5-6-10/h8,11H,2-7,10H2,1H3. The first-order chi connectivity index (χ1) is 5.16. The van der Waals surface area contributed by atoms with Gasteiger partial charge in [-0.05, 0) is 31.7 Å². The Labute approximate surface area is 68.8 Å². The van der Waals surface area contributed by atoms with Gasteiger partial charge in [-0.3, -0.25) is 0 Å². The molecule has 0 aromatic heterocycles. The molecule has 1 aliphatic carbocycles. The summed E-state index contributed by atoms with van der Waals surface area (Å²) < 4.78 is 0. The average molecular weight is 157 g/mol. The normalized spacial score (nSPS) is 39.0. The maximum Gasteiger partial charge on any atom is 0.0662 e. The van der Waals surface area contributed by atoms with E-state index in [1.807, 2.05) is 0 Å². The number of hydrogen-bond acceptors (Lipinski definition) is 2. The second kappa shape index (κ2) is 3.55. The first-order valence-electron chi connectivity index (χ1n) is 4.59. The lowest BCUT2D eigenvalue weighted by Crippen LogP contribution is -2.36. The van der Waals surface area contributed by atoms with Crippen LogP contribution in [0.25, 0.3) is 0 Å². The molecule has 2 unspecified atom stereocenters. The van der Waals surface area contributed by atoms with Gasteiger partial charge in [0, 0.05) is 0 Å². The van der Waals surface area contributed by atoms with E-state index in [4.69, 9.17) is 5.73 Å². The zero-order chi connectivity index (χ0) is 8.32. The van der Waals surface area contributed by atoms with Crippen LogP contribution in [0.3, 0.4) is 0 Å². The summed E-state index contributed by atoms with van der Waals surface area (Å²) in [6.45, 7) is 2.82. The molecule has 1 fully saturated rings. The van der Waals surface area contributed by atoms with Crippen LogP contribution in [0.15, 0.2) is 0 Å². The maximum absolute atomic E-state index is 9.96. The fourth-order valence-electron chi connectivity index (χ4n) is 2.13. The molecule has 0 heterocycles. The summed E-state index contributed by atoms with van der Waals surface area (Å²) in [5.74, 6) is 0.681. The third-order valence-electron chi connectivity index (χ3n) is 2.68. The summed E-state index contributed by atoms with van der Waals surface area (Å²) in [5.41, 5.74) is 5.01. The zero-order valence-electron chi connectivity index (χ0n) is 7.34. The van der Waals surface area contributed by atoms with E-state index in [9.17, 15) is 5.11 Å². The maximum atomic E-state index is 9.96. The van der Waals surface area contributed by atoms with Gasteiger partial charge in [0.1, 0.15) is 0 Å². The van der Waals surface area contributed by atoms with Crippen LogP contribution in [-0.2, 0) is 0 Å². The number of nitrogens with two attached hydrogens (primary N) is 1. The number of hydrogen-bond donors (Lipinski definition) is 2. The van der Waals surface area contributed by atoms with Gasteiger partial charge in [0.25, 0.3) is 0 Å². The Morgan fingerprint density at radius 1 is 1.64 bits per heavy atom. The van der Waals surface area contributed by atoms with Crippen LogP contribution in [0.1, 0.15) is 39.0 Å². The minimum absolute atomic E-state index is 0.424. The van der Waals surface area contributed by atoms with Crippen molar-refractivity contribution in [3.8, 4) is 0 Å². The highest BCUT2D eigenvalue weighted by molar-refractivity contribution is 4.84. The number of aliphatic hydroxyl groups is 1. The monoisotopic (exact) mass is 157 g/mol. The van der Waals surface area contributed by atoms with Crippen LogP contribution >= 0.6 is 0 Å². The lowest BCUT2D eigenvalue weighted by atomic mass is 9.77. The van der Waals surface area contributed by atoms with E-state index in [-0.39, 0.29) is 0 Å². The number of rotatable bonds is 2. The minimum atomic E-state index is -0.424. The lowest BCUT2D eigenvalue weighted by Gasteiger charge is -2.35. The van der Waals surface area contributed by atoms with E-state index in [0.29, 0.717) is 12.5 Å². The van der Waals surface area contributed by atoms with Crippen molar-refractivity contribution in [2.75, 3.05) is 6.54 Å². The smallest absolute Gasteiger partial charge is 0.0662 e. The van der Waals surface area contributed by atoms with Crippen LogP contribution in [0.4, 0.5) is 0 Å². The van der Waals surface area contributed by atoms with Gasteiger partial charge in [0.2, 0.25) is 0 Å². The molecule has 0 saturated heterocycles. The summed E-state index contributed by atoms with van der Waals surface area (Å²) in [6.07, 6.45) is 5.11. The predicted octanol–water partition coefficient (Wildman–Crippen LogP) is 1.28. The van der Waals surface area contributed by atoms with Crippen LogP contribution < -0.4 is 5.73 Å². The second-order valence-electron chi connectivity index (χ2n) is 3.96. The third kappa shape index (κ3) is 2.46. The van der Waals surface area contributed by atoms with Gasteiger partial charge >= 0.3 is 0 Å². The van der Waals surface area contributed by atoms with E-state index in [1.165, 1.54) is 6.42 Å². The van der Waals surface area contributed by atoms with Crippen LogP contribution in [0.2, 0.25) is 0 Å². The topological polar surface area (TPSA) is 46.2 Å². The molecule has 11 heavy (non-hydrogen) atoms. The van der Waals surface area contributed by atoms with Crippen molar-refractivity contribution in [1.29, 1.82) is 0 Å². The Balaban J connectivity index is 2.41. The van der Waals surface area contributed by atoms with Gasteiger partial charge < -0.3 is 10.8 Å². The van der Waals surface area contributed by atoms with Gasteiger partial charge in [0.15, 0.2) is 0 Å². The summed E-state index contributed by atoms with van der Waals surface area (Å²) >= 11 is 0. The Hall–Kier alpha value is -0.0800. The average Bonchev–Trinajstić information content (AvgIpc) is 1.86. The quantitative estimate of drug-likeness (QED) is 0.634. The molecule has 1 aliphatic rings. The fraction of sp³-hybridized carbons (Fsp3) is 1.00. The third-order valence-corrected chi connectivity index (χ3v) is 2.68. The minimum Gasteiger partial charge on any atom is -0.390 e. The molecule has 3 N–H and O–H groups in total. The van der Waals surface area contributed by atoms with E-state index in [2.05, 4.69) is 6.92 Å². The SMILES string of the molecule is CC1CCCC(O)(CCN)C1. The van der Waals surface area contributed by atoms with Gasteiger partial charge in [-0.15, -0.1) is 0 Å². The van der Waals surface area contributed by atoms with E-state index in [0.717, 1.165) is 25.7 Å². The summed E-state index contributed by atoms with van der Waals surface area (Å²) in [5, 5.41) is 9.96. The summed E-state index contributed by atoms with van der Waals surface area (Å²) in [7, 11) is 0. The molecule has 0 radical (unpaired) electrons. The van der Waals surface area contributed by atoms with Crippen LogP contribution in [0.5, 0.6) is 0 Å². The first kappa shape index (κ1) is 9.01. The van der Waals surface area contributed by atoms with E-state index < -0.39 is 5.60 Å². The summed E-state index contributed by atoms with van der Waals surface area (Å²) in [6, 6.07) is 0. The molecule has 0 aromatic rings. The molecule has 0 spiro atoms. The lowest BCUT2D eigenvalue weighted by molar-refractivity contribution is -0.0178. The fourth-order valence-corrected chi connectivity index (χ4v) is 2.13. The van der Waals surface area contributed by atoms with Gasteiger partial charge in [0.05, 0.1) is 5.60 Å². The van der Waals surface area contributed by atoms with Crippen molar-refractivity contribution < 1.29 is 5.11 Å².